The van der Waals surface area contributed by atoms with Crippen LogP contribution in [-0.2, 0) is 9.59 Å². The maximum atomic E-state index is 12.3. The predicted molar refractivity (Wildman–Crippen MR) is 104 cm³/mol. The molecule has 0 saturated carbocycles. The van der Waals surface area contributed by atoms with Crippen LogP contribution >= 0.6 is 0 Å². The Morgan fingerprint density at radius 2 is 1.96 bits per heavy atom. The van der Waals surface area contributed by atoms with Crippen molar-refractivity contribution in [1.82, 2.24) is 15.3 Å². The molecule has 0 radical (unpaired) electrons. The lowest BCUT2D eigenvalue weighted by Gasteiger charge is -2.18. The summed E-state index contributed by atoms with van der Waals surface area (Å²) in [5.74, 6) is -0.833. The minimum atomic E-state index is -0.803. The number of carbonyl (C=O) groups excluding carboxylic acids is 2. The van der Waals surface area contributed by atoms with Crippen LogP contribution in [0.15, 0.2) is 30.6 Å². The third kappa shape index (κ3) is 5.16. The average molecular weight is 371 g/mol. The van der Waals surface area contributed by atoms with Gasteiger partial charge in [0.2, 0.25) is 5.88 Å². The van der Waals surface area contributed by atoms with Gasteiger partial charge in [-0.2, -0.15) is 4.98 Å². The lowest BCUT2D eigenvalue weighted by Crippen LogP contribution is -2.37. The summed E-state index contributed by atoms with van der Waals surface area (Å²) in [5.41, 5.74) is 2.50. The highest BCUT2D eigenvalue weighted by Gasteiger charge is 2.21. The number of hydrogen-bond donors (Lipinski definition) is 2. The minimum absolute atomic E-state index is 0.0774. The molecule has 8 nitrogen and oxygen atoms in total. The van der Waals surface area contributed by atoms with Gasteiger partial charge in [0.15, 0.2) is 5.82 Å². The Labute approximate surface area is 159 Å². The molecule has 1 heterocycles. The molecule has 1 atom stereocenters. The molecule has 2 rings (SSSR count). The third-order valence-electron chi connectivity index (χ3n) is 4.03. The molecule has 0 unspecified atom stereocenters. The minimum Gasteiger partial charge on any atom is -0.479 e. The number of aryl methyl sites for hydroxylation is 1. The number of benzene rings is 1. The molecule has 0 aliphatic rings. The first-order chi connectivity index (χ1) is 12.8. The monoisotopic (exact) mass is 371 g/mol. The molecule has 2 aromatic rings. The van der Waals surface area contributed by atoms with Crippen molar-refractivity contribution in [2.24, 2.45) is 0 Å². The molecule has 2 amide bonds. The highest BCUT2D eigenvalue weighted by atomic mass is 16.5. The van der Waals surface area contributed by atoms with E-state index in [1.807, 2.05) is 32.0 Å². The van der Waals surface area contributed by atoms with Crippen LogP contribution in [-0.4, -0.2) is 49.5 Å². The normalized spacial score (nSPS) is 11.4. The molecule has 0 bridgehead atoms. The van der Waals surface area contributed by atoms with E-state index in [2.05, 4.69) is 26.7 Å². The molecule has 1 aromatic heterocycles. The molecule has 0 aliphatic carbocycles. The lowest BCUT2D eigenvalue weighted by atomic mass is 9.99. The van der Waals surface area contributed by atoms with E-state index in [0.717, 1.165) is 11.1 Å². The number of carbonyl (C=O) groups is 2. The van der Waals surface area contributed by atoms with Crippen LogP contribution < -0.4 is 20.3 Å². The van der Waals surface area contributed by atoms with E-state index in [4.69, 9.17) is 4.74 Å². The number of aromatic nitrogens is 2. The zero-order chi connectivity index (χ0) is 20.0. The van der Waals surface area contributed by atoms with Crippen LogP contribution in [0.4, 0.5) is 11.5 Å². The molecule has 0 aliphatic heterocycles. The van der Waals surface area contributed by atoms with Gasteiger partial charge < -0.3 is 20.3 Å². The van der Waals surface area contributed by atoms with Crippen molar-refractivity contribution in [1.29, 1.82) is 0 Å². The van der Waals surface area contributed by atoms with Crippen molar-refractivity contribution in [2.75, 3.05) is 38.0 Å². The number of anilines is 2. The van der Waals surface area contributed by atoms with Crippen molar-refractivity contribution in [3.8, 4) is 5.88 Å². The summed E-state index contributed by atoms with van der Waals surface area (Å²) >= 11 is 0. The van der Waals surface area contributed by atoms with Gasteiger partial charge in [-0.3, -0.25) is 9.59 Å². The smallest absolute Gasteiger partial charge is 0.313 e. The number of methoxy groups -OCH3 is 1. The first-order valence-electron chi connectivity index (χ1n) is 8.55. The van der Waals surface area contributed by atoms with Crippen molar-refractivity contribution < 1.29 is 14.3 Å². The largest absolute Gasteiger partial charge is 0.479 e. The molecule has 0 saturated heterocycles. The van der Waals surface area contributed by atoms with Crippen LogP contribution in [0.2, 0.25) is 0 Å². The summed E-state index contributed by atoms with van der Waals surface area (Å²) in [6.07, 6.45) is 1.33. The SMILES string of the molecule is COc1ncnc(N(C)C)c1NC(=O)C(=O)NC[C@H](C)c1cccc(C)c1. The van der Waals surface area contributed by atoms with Gasteiger partial charge in [0.05, 0.1) is 7.11 Å². The molecule has 8 heteroatoms. The van der Waals surface area contributed by atoms with Crippen molar-refractivity contribution in [3.05, 3.63) is 41.7 Å². The van der Waals surface area contributed by atoms with Gasteiger partial charge >= 0.3 is 11.8 Å². The molecule has 0 spiro atoms. The summed E-state index contributed by atoms with van der Waals surface area (Å²) in [7, 11) is 4.96. The fourth-order valence-corrected chi connectivity index (χ4v) is 2.55. The molecule has 1 aromatic carbocycles. The summed E-state index contributed by atoms with van der Waals surface area (Å²) in [5, 5.41) is 5.20. The van der Waals surface area contributed by atoms with Crippen LogP contribution in [0.1, 0.15) is 24.0 Å². The van der Waals surface area contributed by atoms with Crippen LogP contribution in [0, 0.1) is 6.92 Å². The number of hydrogen-bond acceptors (Lipinski definition) is 6. The van der Waals surface area contributed by atoms with Gasteiger partial charge in [-0.05, 0) is 18.4 Å². The van der Waals surface area contributed by atoms with E-state index < -0.39 is 11.8 Å². The molecular weight excluding hydrogens is 346 g/mol. The number of ether oxygens (including phenoxy) is 1. The van der Waals surface area contributed by atoms with Crippen LogP contribution in [0.3, 0.4) is 0 Å². The first kappa shape index (κ1) is 20.2. The summed E-state index contributed by atoms with van der Waals surface area (Å²) in [4.78, 5) is 34.3. The Bertz CT molecular complexity index is 823. The Kier molecular flexibility index (Phi) is 6.70. The van der Waals surface area contributed by atoms with Crippen molar-refractivity contribution in [3.63, 3.8) is 0 Å². The van der Waals surface area contributed by atoms with Crippen LogP contribution in [0.5, 0.6) is 5.88 Å². The molecule has 0 fully saturated rings. The Morgan fingerprint density at radius 3 is 2.59 bits per heavy atom. The summed E-state index contributed by atoms with van der Waals surface area (Å²) in [6.45, 7) is 4.35. The van der Waals surface area contributed by atoms with Crippen molar-refractivity contribution >= 4 is 23.3 Å². The molecule has 27 heavy (non-hydrogen) atoms. The Balaban J connectivity index is 2.03. The topological polar surface area (TPSA) is 96.5 Å². The van der Waals surface area contributed by atoms with E-state index in [9.17, 15) is 9.59 Å². The second kappa shape index (κ2) is 8.98. The summed E-state index contributed by atoms with van der Waals surface area (Å²) < 4.78 is 5.16. The standard InChI is InChI=1S/C19H25N5O3/c1-12-7-6-8-14(9-12)13(2)10-20-17(25)18(26)23-15-16(24(3)4)21-11-22-19(15)27-5/h6-9,11,13H,10H2,1-5H3,(H,20,25)(H,23,26)/t13-/m0/s1. The zero-order valence-corrected chi connectivity index (χ0v) is 16.2. The quantitative estimate of drug-likeness (QED) is 0.751. The molecule has 144 valence electrons. The maximum absolute atomic E-state index is 12.3. The maximum Gasteiger partial charge on any atom is 0.313 e. The van der Waals surface area contributed by atoms with Gasteiger partial charge in [0, 0.05) is 20.6 Å². The number of amides is 2. The van der Waals surface area contributed by atoms with E-state index in [0.29, 0.717) is 12.4 Å². The van der Waals surface area contributed by atoms with Crippen molar-refractivity contribution in [2.45, 2.75) is 19.8 Å². The van der Waals surface area contributed by atoms with Gasteiger partial charge in [-0.25, -0.2) is 4.98 Å². The fraction of sp³-hybridized carbons (Fsp3) is 0.368. The van der Waals surface area contributed by atoms with Gasteiger partial charge in [-0.1, -0.05) is 36.8 Å². The zero-order valence-electron chi connectivity index (χ0n) is 16.2. The molecular formula is C19H25N5O3. The van der Waals surface area contributed by atoms with Crippen LogP contribution in [0.25, 0.3) is 0 Å². The highest BCUT2D eigenvalue weighted by Crippen LogP contribution is 2.29. The molecule has 2 N–H and O–H groups in total. The van der Waals surface area contributed by atoms with Gasteiger partial charge in [-0.15, -0.1) is 0 Å². The third-order valence-corrected chi connectivity index (χ3v) is 4.03. The van der Waals surface area contributed by atoms with E-state index in [-0.39, 0.29) is 17.5 Å². The Morgan fingerprint density at radius 1 is 1.22 bits per heavy atom. The van der Waals surface area contributed by atoms with Gasteiger partial charge in [0.25, 0.3) is 0 Å². The predicted octanol–water partition coefficient (Wildman–Crippen LogP) is 1.72. The Hall–Kier alpha value is -3.16. The lowest BCUT2D eigenvalue weighted by molar-refractivity contribution is -0.136. The van der Waals surface area contributed by atoms with E-state index >= 15 is 0 Å². The number of nitrogens with one attached hydrogen (secondary N) is 2. The van der Waals surface area contributed by atoms with E-state index in [1.54, 1.807) is 19.0 Å². The number of rotatable bonds is 6. The second-order valence-electron chi connectivity index (χ2n) is 6.46. The highest BCUT2D eigenvalue weighted by molar-refractivity contribution is 6.40. The van der Waals surface area contributed by atoms with E-state index in [1.165, 1.54) is 13.4 Å². The number of nitrogens with zero attached hydrogens (tertiary/aromatic N) is 3. The first-order valence-corrected chi connectivity index (χ1v) is 8.55. The average Bonchev–Trinajstić information content (AvgIpc) is 2.65. The van der Waals surface area contributed by atoms with Gasteiger partial charge in [0.1, 0.15) is 12.0 Å². The second-order valence-corrected chi connectivity index (χ2v) is 6.46. The fourth-order valence-electron chi connectivity index (χ4n) is 2.55. The summed E-state index contributed by atoms with van der Waals surface area (Å²) in [6, 6.07) is 8.05.